The first-order valence-corrected chi connectivity index (χ1v) is 6.84. The van der Waals surface area contributed by atoms with Crippen molar-refractivity contribution < 1.29 is 8.42 Å². The summed E-state index contributed by atoms with van der Waals surface area (Å²) >= 11 is 0. The Morgan fingerprint density at radius 3 is 2.24 bits per heavy atom. The summed E-state index contributed by atoms with van der Waals surface area (Å²) in [6.07, 6.45) is 1.06. The van der Waals surface area contributed by atoms with E-state index in [1.807, 2.05) is 30.3 Å². The first-order valence-electron chi connectivity index (χ1n) is 4.95. The average molecular weight is 249 g/mol. The molecule has 0 bridgehead atoms. The lowest BCUT2D eigenvalue weighted by Crippen LogP contribution is -2.08. The molecule has 0 saturated heterocycles. The maximum absolute atomic E-state index is 11.3. The topological polar surface area (TPSA) is 72.8 Å². The van der Waals surface area contributed by atoms with Crippen molar-refractivity contribution >= 4 is 9.84 Å². The Morgan fingerprint density at radius 2 is 1.71 bits per heavy atom. The maximum Gasteiger partial charge on any atom is 0.267 e. The summed E-state index contributed by atoms with van der Waals surface area (Å²) in [7, 11) is -3.41. The Bertz CT molecular complexity index is 639. The number of aryl methyl sites for hydroxylation is 1. The highest BCUT2D eigenvalue weighted by atomic mass is 32.2. The number of benzene rings is 1. The molecule has 17 heavy (non-hydrogen) atoms. The summed E-state index contributed by atoms with van der Waals surface area (Å²) in [5, 5.41) is 7.32. The van der Waals surface area contributed by atoms with E-state index in [1.54, 1.807) is 6.92 Å². The van der Waals surface area contributed by atoms with Crippen molar-refractivity contribution in [3.63, 3.8) is 0 Å². The minimum absolute atomic E-state index is 0.241. The van der Waals surface area contributed by atoms with E-state index in [4.69, 9.17) is 0 Å². The van der Waals surface area contributed by atoms with E-state index in [1.165, 1.54) is 0 Å². The normalized spacial score (nSPS) is 11.4. The van der Waals surface area contributed by atoms with Gasteiger partial charge in [-0.05, 0) is 6.92 Å². The van der Waals surface area contributed by atoms with Gasteiger partial charge in [0.15, 0.2) is 0 Å². The van der Waals surface area contributed by atoms with E-state index in [-0.39, 0.29) is 5.16 Å². The molecule has 0 amide bonds. The molecule has 0 N–H and O–H groups in total. The minimum atomic E-state index is -3.41. The van der Waals surface area contributed by atoms with Crippen molar-refractivity contribution in [1.29, 1.82) is 0 Å². The standard InChI is InChI=1S/C11H11N3O2S/c1-8-10(9-6-4-3-5-7-9)13-14-11(12-8)17(2,15)16/h3-7H,1-2H3. The van der Waals surface area contributed by atoms with E-state index in [2.05, 4.69) is 15.2 Å². The van der Waals surface area contributed by atoms with Gasteiger partial charge >= 0.3 is 0 Å². The molecule has 6 heteroatoms. The Morgan fingerprint density at radius 1 is 1.06 bits per heavy atom. The molecule has 0 fully saturated rings. The van der Waals surface area contributed by atoms with E-state index >= 15 is 0 Å². The van der Waals surface area contributed by atoms with Crippen LogP contribution >= 0.6 is 0 Å². The summed E-state index contributed by atoms with van der Waals surface area (Å²) < 4.78 is 22.5. The lowest BCUT2D eigenvalue weighted by atomic mass is 10.1. The Kier molecular flexibility index (Phi) is 2.89. The van der Waals surface area contributed by atoms with Crippen LogP contribution in [0.4, 0.5) is 0 Å². The summed E-state index contributed by atoms with van der Waals surface area (Å²) in [6, 6.07) is 9.39. The van der Waals surface area contributed by atoms with Gasteiger partial charge in [-0.1, -0.05) is 30.3 Å². The molecule has 88 valence electrons. The minimum Gasteiger partial charge on any atom is -0.221 e. The van der Waals surface area contributed by atoms with Crippen molar-refractivity contribution in [2.24, 2.45) is 0 Å². The number of rotatable bonds is 2. The molecular weight excluding hydrogens is 238 g/mol. The molecule has 0 unspecified atom stereocenters. The second-order valence-electron chi connectivity index (χ2n) is 3.67. The van der Waals surface area contributed by atoms with E-state index in [0.29, 0.717) is 11.4 Å². The predicted octanol–water partition coefficient (Wildman–Crippen LogP) is 1.25. The highest BCUT2D eigenvalue weighted by Crippen LogP contribution is 2.18. The number of hydrogen-bond donors (Lipinski definition) is 0. The Balaban J connectivity index is 2.54. The van der Waals surface area contributed by atoms with Gasteiger partial charge in [-0.25, -0.2) is 13.4 Å². The molecule has 5 nitrogen and oxygen atoms in total. The van der Waals surface area contributed by atoms with Gasteiger partial charge in [-0.3, -0.25) is 0 Å². The number of aromatic nitrogens is 3. The van der Waals surface area contributed by atoms with E-state index in [0.717, 1.165) is 11.8 Å². The van der Waals surface area contributed by atoms with Gasteiger partial charge in [-0.2, -0.15) is 0 Å². The van der Waals surface area contributed by atoms with Crippen molar-refractivity contribution in [2.75, 3.05) is 6.26 Å². The van der Waals surface area contributed by atoms with Crippen molar-refractivity contribution in [3.05, 3.63) is 36.0 Å². The summed E-state index contributed by atoms with van der Waals surface area (Å²) in [5.41, 5.74) is 2.01. The lowest BCUT2D eigenvalue weighted by Gasteiger charge is -2.04. The van der Waals surface area contributed by atoms with Gasteiger partial charge in [0.05, 0.1) is 5.69 Å². The van der Waals surface area contributed by atoms with Crippen LogP contribution in [0.1, 0.15) is 5.69 Å². The Hall–Kier alpha value is -1.82. The fraction of sp³-hybridized carbons (Fsp3) is 0.182. The highest BCUT2D eigenvalue weighted by molar-refractivity contribution is 7.90. The molecule has 0 spiro atoms. The van der Waals surface area contributed by atoms with Crippen LogP contribution < -0.4 is 0 Å². The second-order valence-corrected chi connectivity index (χ2v) is 5.58. The van der Waals surface area contributed by atoms with E-state index < -0.39 is 9.84 Å². The molecule has 0 aliphatic carbocycles. The van der Waals surface area contributed by atoms with Crippen LogP contribution in [0.2, 0.25) is 0 Å². The van der Waals surface area contributed by atoms with Crippen LogP contribution in [-0.2, 0) is 9.84 Å². The lowest BCUT2D eigenvalue weighted by molar-refractivity contribution is 0.588. The van der Waals surface area contributed by atoms with Crippen LogP contribution in [0.5, 0.6) is 0 Å². The first-order chi connectivity index (χ1) is 7.98. The quantitative estimate of drug-likeness (QED) is 0.801. The number of hydrogen-bond acceptors (Lipinski definition) is 5. The molecule has 0 atom stereocenters. The summed E-state index contributed by atoms with van der Waals surface area (Å²) in [6.45, 7) is 1.71. The molecule has 1 aromatic heterocycles. The van der Waals surface area contributed by atoms with Gasteiger partial charge in [0.2, 0.25) is 9.84 Å². The molecular formula is C11H11N3O2S. The van der Waals surface area contributed by atoms with E-state index in [9.17, 15) is 8.42 Å². The van der Waals surface area contributed by atoms with Gasteiger partial charge in [0.25, 0.3) is 5.16 Å². The van der Waals surface area contributed by atoms with Crippen molar-refractivity contribution in [1.82, 2.24) is 15.2 Å². The third kappa shape index (κ3) is 2.47. The largest absolute Gasteiger partial charge is 0.267 e. The fourth-order valence-electron chi connectivity index (χ4n) is 1.40. The zero-order chi connectivity index (χ0) is 12.5. The van der Waals surface area contributed by atoms with Gasteiger partial charge in [-0.15, -0.1) is 10.2 Å². The first kappa shape index (κ1) is 11.7. The molecule has 2 aromatic rings. The maximum atomic E-state index is 11.3. The van der Waals surface area contributed by atoms with Crippen LogP contribution in [0, 0.1) is 6.92 Å². The summed E-state index contributed by atoms with van der Waals surface area (Å²) in [5.74, 6) is 0. The fourth-order valence-corrected chi connectivity index (χ4v) is 1.90. The molecule has 0 radical (unpaired) electrons. The van der Waals surface area contributed by atoms with Gasteiger partial charge in [0.1, 0.15) is 5.69 Å². The molecule has 0 aliphatic rings. The predicted molar refractivity (Wildman–Crippen MR) is 63.1 cm³/mol. The van der Waals surface area contributed by atoms with Gasteiger partial charge < -0.3 is 0 Å². The second kappa shape index (κ2) is 4.21. The zero-order valence-corrected chi connectivity index (χ0v) is 10.3. The van der Waals surface area contributed by atoms with Crippen LogP contribution in [-0.4, -0.2) is 29.9 Å². The Labute approximate surface area is 99.5 Å². The third-order valence-corrected chi connectivity index (χ3v) is 3.06. The SMILES string of the molecule is Cc1nc(S(C)(=O)=O)nnc1-c1ccccc1. The molecule has 0 saturated carbocycles. The smallest absolute Gasteiger partial charge is 0.221 e. The molecule has 0 aliphatic heterocycles. The molecule has 1 aromatic carbocycles. The number of sulfone groups is 1. The van der Waals surface area contributed by atoms with Crippen LogP contribution in [0.3, 0.4) is 0 Å². The van der Waals surface area contributed by atoms with Crippen molar-refractivity contribution in [2.45, 2.75) is 12.1 Å². The van der Waals surface area contributed by atoms with Crippen LogP contribution in [0.25, 0.3) is 11.3 Å². The zero-order valence-electron chi connectivity index (χ0n) is 9.45. The number of nitrogens with zero attached hydrogens (tertiary/aromatic N) is 3. The molecule has 1 heterocycles. The molecule has 2 rings (SSSR count). The van der Waals surface area contributed by atoms with Crippen LogP contribution in [0.15, 0.2) is 35.5 Å². The van der Waals surface area contributed by atoms with Gasteiger partial charge in [0, 0.05) is 11.8 Å². The average Bonchev–Trinajstić information content (AvgIpc) is 2.29. The monoisotopic (exact) mass is 249 g/mol. The highest BCUT2D eigenvalue weighted by Gasteiger charge is 2.14. The summed E-state index contributed by atoms with van der Waals surface area (Å²) in [4.78, 5) is 3.96. The third-order valence-electron chi connectivity index (χ3n) is 2.22. The van der Waals surface area contributed by atoms with Crippen molar-refractivity contribution in [3.8, 4) is 11.3 Å².